The summed E-state index contributed by atoms with van der Waals surface area (Å²) in [7, 11) is 5.53. The second-order valence-corrected chi connectivity index (χ2v) is 7.34. The molecule has 28 heavy (non-hydrogen) atoms. The van der Waals surface area contributed by atoms with Crippen molar-refractivity contribution >= 4 is 0 Å². The summed E-state index contributed by atoms with van der Waals surface area (Å²) in [4.78, 5) is 14.5. The summed E-state index contributed by atoms with van der Waals surface area (Å²) in [5.74, 6) is 1.72. The molecule has 2 aromatic heterocycles. The molecule has 1 aromatic carbocycles. The van der Waals surface area contributed by atoms with E-state index in [2.05, 4.69) is 27.2 Å². The van der Waals surface area contributed by atoms with Crippen LogP contribution in [0.3, 0.4) is 0 Å². The molecule has 0 aliphatic carbocycles. The van der Waals surface area contributed by atoms with Crippen molar-refractivity contribution in [3.05, 3.63) is 52.3 Å². The number of aromatic nitrogens is 5. The van der Waals surface area contributed by atoms with Crippen LogP contribution in [0.4, 0.5) is 0 Å². The number of H-pyrrole nitrogens is 1. The van der Waals surface area contributed by atoms with Crippen molar-refractivity contribution in [2.45, 2.75) is 38.4 Å². The van der Waals surface area contributed by atoms with Crippen LogP contribution in [0.25, 0.3) is 11.3 Å². The first-order chi connectivity index (χ1) is 13.6. The van der Waals surface area contributed by atoms with E-state index >= 15 is 0 Å². The van der Waals surface area contributed by atoms with Gasteiger partial charge >= 0.3 is 5.69 Å². The fourth-order valence-electron chi connectivity index (χ4n) is 4.04. The molecule has 0 spiro atoms. The zero-order valence-electron chi connectivity index (χ0n) is 16.6. The minimum absolute atomic E-state index is 0.0217. The molecule has 3 heterocycles. The highest BCUT2D eigenvalue weighted by Crippen LogP contribution is 2.31. The van der Waals surface area contributed by atoms with Crippen LogP contribution in [-0.4, -0.2) is 49.6 Å². The number of ether oxygens (including phenoxy) is 1. The predicted molar refractivity (Wildman–Crippen MR) is 106 cm³/mol. The van der Waals surface area contributed by atoms with Crippen molar-refractivity contribution in [2.24, 2.45) is 7.05 Å². The number of hydrogen-bond acceptors (Lipinski definition) is 5. The van der Waals surface area contributed by atoms with Gasteiger partial charge in [-0.2, -0.15) is 10.2 Å². The van der Waals surface area contributed by atoms with E-state index in [1.165, 1.54) is 4.68 Å². The van der Waals surface area contributed by atoms with Gasteiger partial charge in [0, 0.05) is 43.7 Å². The maximum absolute atomic E-state index is 12.2. The van der Waals surface area contributed by atoms with Crippen molar-refractivity contribution in [3.63, 3.8) is 0 Å². The number of rotatable bonds is 5. The number of nitrogens with zero attached hydrogens (tertiary/aromatic N) is 5. The predicted octanol–water partition coefficient (Wildman–Crippen LogP) is 1.82. The van der Waals surface area contributed by atoms with Crippen molar-refractivity contribution in [1.82, 2.24) is 29.4 Å². The quantitative estimate of drug-likeness (QED) is 0.728. The Hall–Kier alpha value is -2.87. The third-order valence-electron chi connectivity index (χ3n) is 5.61. The number of hydrogen-bond donors (Lipinski definition) is 1. The summed E-state index contributed by atoms with van der Waals surface area (Å²) >= 11 is 0. The van der Waals surface area contributed by atoms with Gasteiger partial charge in [-0.15, -0.1) is 0 Å². The smallest absolute Gasteiger partial charge is 0.345 e. The van der Waals surface area contributed by atoms with Gasteiger partial charge < -0.3 is 4.74 Å². The molecule has 0 saturated carbocycles. The van der Waals surface area contributed by atoms with Crippen LogP contribution < -0.4 is 10.4 Å². The fraction of sp³-hybridized carbons (Fsp3) is 0.450. The number of aryl methyl sites for hydroxylation is 2. The zero-order valence-corrected chi connectivity index (χ0v) is 16.6. The van der Waals surface area contributed by atoms with E-state index in [4.69, 9.17) is 4.74 Å². The fourth-order valence-corrected chi connectivity index (χ4v) is 4.04. The lowest BCUT2D eigenvalue weighted by atomic mass is 10.0. The summed E-state index contributed by atoms with van der Waals surface area (Å²) in [6, 6.07) is 8.34. The van der Waals surface area contributed by atoms with Crippen LogP contribution in [0, 0.1) is 0 Å². The monoisotopic (exact) mass is 382 g/mol. The van der Waals surface area contributed by atoms with E-state index in [0.29, 0.717) is 12.6 Å². The van der Waals surface area contributed by atoms with Gasteiger partial charge in [-0.3, -0.25) is 14.6 Å². The van der Waals surface area contributed by atoms with Crippen LogP contribution in [0.5, 0.6) is 5.75 Å². The zero-order chi connectivity index (χ0) is 19.7. The Labute approximate surface area is 163 Å². The Morgan fingerprint density at radius 2 is 2.14 bits per heavy atom. The van der Waals surface area contributed by atoms with E-state index in [0.717, 1.165) is 54.2 Å². The van der Waals surface area contributed by atoms with Gasteiger partial charge in [0.2, 0.25) is 0 Å². The largest absolute Gasteiger partial charge is 0.496 e. The Kier molecular flexibility index (Phi) is 5.04. The van der Waals surface area contributed by atoms with Crippen LogP contribution >= 0.6 is 0 Å². The van der Waals surface area contributed by atoms with Gasteiger partial charge in [-0.05, 0) is 32.0 Å². The van der Waals surface area contributed by atoms with Gasteiger partial charge in [0.1, 0.15) is 11.6 Å². The Bertz CT molecular complexity index is 1020. The molecule has 3 aromatic rings. The Morgan fingerprint density at radius 3 is 2.96 bits per heavy atom. The average Bonchev–Trinajstić information content (AvgIpc) is 3.19. The van der Waals surface area contributed by atoms with Crippen molar-refractivity contribution in [2.75, 3.05) is 14.2 Å². The first-order valence-corrected chi connectivity index (χ1v) is 9.57. The average molecular weight is 382 g/mol. The summed E-state index contributed by atoms with van der Waals surface area (Å²) < 4.78 is 8.75. The lowest BCUT2D eigenvalue weighted by molar-refractivity contribution is 0.210. The van der Waals surface area contributed by atoms with E-state index in [9.17, 15) is 4.79 Å². The molecule has 1 N–H and O–H groups in total. The third kappa shape index (κ3) is 3.35. The number of para-hydroxylation sites is 1. The van der Waals surface area contributed by atoms with E-state index in [1.54, 1.807) is 14.2 Å². The van der Waals surface area contributed by atoms with Crippen molar-refractivity contribution in [1.29, 1.82) is 0 Å². The molecule has 0 amide bonds. The summed E-state index contributed by atoms with van der Waals surface area (Å²) in [6.07, 6.45) is 4.61. The van der Waals surface area contributed by atoms with Crippen LogP contribution in [-0.2, 0) is 26.6 Å². The Balaban J connectivity index is 1.50. The molecule has 8 heteroatoms. The first kappa shape index (κ1) is 18.5. The minimum atomic E-state index is -0.0217. The van der Waals surface area contributed by atoms with Crippen LogP contribution in [0.15, 0.2) is 35.3 Å². The number of aromatic amines is 1. The van der Waals surface area contributed by atoms with Gasteiger partial charge in [-0.25, -0.2) is 9.48 Å². The molecule has 0 saturated heterocycles. The molecule has 0 radical (unpaired) electrons. The summed E-state index contributed by atoms with van der Waals surface area (Å²) in [5.41, 5.74) is 3.10. The molecule has 0 fully saturated rings. The summed E-state index contributed by atoms with van der Waals surface area (Å²) in [6.45, 7) is 1.48. The lowest BCUT2D eigenvalue weighted by Gasteiger charge is -2.26. The number of fused-ring (bicyclic) bond motifs is 1. The van der Waals surface area contributed by atoms with Crippen LogP contribution in [0.2, 0.25) is 0 Å². The topological polar surface area (TPSA) is 81.0 Å². The van der Waals surface area contributed by atoms with Crippen molar-refractivity contribution in [3.8, 4) is 17.0 Å². The molecule has 1 atom stereocenters. The molecule has 0 bridgehead atoms. The Morgan fingerprint density at radius 1 is 1.32 bits per heavy atom. The van der Waals surface area contributed by atoms with Gasteiger partial charge in [0.15, 0.2) is 0 Å². The number of benzene rings is 1. The summed E-state index contributed by atoms with van der Waals surface area (Å²) in [5, 5.41) is 11.8. The first-order valence-electron chi connectivity index (χ1n) is 9.57. The third-order valence-corrected chi connectivity index (χ3v) is 5.61. The van der Waals surface area contributed by atoms with E-state index < -0.39 is 0 Å². The molecular formula is C20H26N6O2. The highest BCUT2D eigenvalue weighted by Gasteiger charge is 2.24. The van der Waals surface area contributed by atoms with E-state index in [-0.39, 0.29) is 5.69 Å². The minimum Gasteiger partial charge on any atom is -0.496 e. The standard InChI is InChI=1S/C20H26N6O2/c1-24(15-8-9-18-23-25(2)20(27)26(18)11-10-15)13-14-12-21-22-19(14)16-6-4-5-7-17(16)28-3/h4-7,12,15H,8-11,13H2,1-3H3,(H,21,22). The second kappa shape index (κ2) is 7.63. The molecule has 1 unspecified atom stereocenters. The number of nitrogens with one attached hydrogen (secondary N) is 1. The molecule has 1 aliphatic rings. The van der Waals surface area contributed by atoms with E-state index in [1.807, 2.05) is 35.0 Å². The van der Waals surface area contributed by atoms with Gasteiger partial charge in [0.25, 0.3) is 0 Å². The molecule has 8 nitrogen and oxygen atoms in total. The molecule has 4 rings (SSSR count). The molecular weight excluding hydrogens is 356 g/mol. The molecule has 148 valence electrons. The lowest BCUT2D eigenvalue weighted by Crippen LogP contribution is -2.32. The maximum Gasteiger partial charge on any atom is 0.345 e. The SMILES string of the molecule is COc1ccccc1-c1[nH]ncc1CN(C)C1CCc2nn(C)c(=O)n2CC1. The second-order valence-electron chi connectivity index (χ2n) is 7.34. The highest BCUT2D eigenvalue weighted by molar-refractivity contribution is 5.69. The maximum atomic E-state index is 12.2. The van der Waals surface area contributed by atoms with Crippen molar-refractivity contribution < 1.29 is 4.74 Å². The molecule has 1 aliphatic heterocycles. The van der Waals surface area contributed by atoms with Gasteiger partial charge in [0.05, 0.1) is 19.0 Å². The van der Waals surface area contributed by atoms with Gasteiger partial charge in [-0.1, -0.05) is 12.1 Å². The highest BCUT2D eigenvalue weighted by atomic mass is 16.5. The van der Waals surface area contributed by atoms with Crippen LogP contribution in [0.1, 0.15) is 24.2 Å². The number of methoxy groups -OCH3 is 1. The normalized spacial score (nSPS) is 16.8.